The fourth-order valence-corrected chi connectivity index (χ4v) is 0.824. The zero-order valence-electron chi connectivity index (χ0n) is 5.53. The molecule has 0 aromatic carbocycles. The van der Waals surface area contributed by atoms with E-state index in [9.17, 15) is 4.79 Å². The van der Waals surface area contributed by atoms with Gasteiger partial charge in [-0.2, -0.15) is 0 Å². The molecule has 0 aliphatic carbocycles. The number of nitrogen functional groups attached to an aromatic ring is 1. The fraction of sp³-hybridized carbons (Fsp3) is 0.167. The number of aromatic carboxylic acids is 1. The van der Waals surface area contributed by atoms with E-state index in [2.05, 4.69) is 0 Å². The molecule has 0 unspecified atom stereocenters. The molecule has 0 aliphatic heterocycles. The summed E-state index contributed by atoms with van der Waals surface area (Å²) in [5, 5.41) is 8.53. The maximum atomic E-state index is 10.4. The Morgan fingerprint density at radius 2 is 2.40 bits per heavy atom. The summed E-state index contributed by atoms with van der Waals surface area (Å²) in [4.78, 5) is 10.4. The molecule has 4 nitrogen and oxygen atoms in total. The second-order valence-electron chi connectivity index (χ2n) is 2.04. The Labute approximate surface area is 57.9 Å². The molecule has 1 aromatic rings. The van der Waals surface area contributed by atoms with Crippen LogP contribution in [0, 0.1) is 0 Å². The Kier molecular flexibility index (Phi) is 1.37. The van der Waals surface area contributed by atoms with Crippen LogP contribution in [0.3, 0.4) is 0 Å². The van der Waals surface area contributed by atoms with E-state index in [-0.39, 0.29) is 5.69 Å². The molecule has 0 saturated carbocycles. The number of anilines is 1. The van der Waals surface area contributed by atoms with Crippen molar-refractivity contribution in [1.29, 1.82) is 0 Å². The monoisotopic (exact) mass is 140 g/mol. The lowest BCUT2D eigenvalue weighted by Crippen LogP contribution is -2.06. The Morgan fingerprint density at radius 1 is 1.80 bits per heavy atom. The standard InChI is InChI=1S/C6H8N2O2/c1-8-3-2-4(7)5(8)6(9)10/h2-3H,7H2,1H3,(H,9,10). The van der Waals surface area contributed by atoms with Gasteiger partial charge in [0.1, 0.15) is 5.69 Å². The topological polar surface area (TPSA) is 68.2 Å². The van der Waals surface area contributed by atoms with Crippen molar-refractivity contribution < 1.29 is 9.90 Å². The van der Waals surface area contributed by atoms with E-state index in [4.69, 9.17) is 10.8 Å². The Morgan fingerprint density at radius 3 is 2.60 bits per heavy atom. The smallest absolute Gasteiger partial charge is 0.354 e. The van der Waals surface area contributed by atoms with E-state index in [0.29, 0.717) is 5.69 Å². The van der Waals surface area contributed by atoms with Crippen LogP contribution in [-0.4, -0.2) is 15.6 Å². The highest BCUT2D eigenvalue weighted by Gasteiger charge is 2.10. The highest BCUT2D eigenvalue weighted by atomic mass is 16.4. The van der Waals surface area contributed by atoms with Crippen LogP contribution in [0.5, 0.6) is 0 Å². The second-order valence-corrected chi connectivity index (χ2v) is 2.04. The van der Waals surface area contributed by atoms with Crippen LogP contribution >= 0.6 is 0 Å². The van der Waals surface area contributed by atoms with Crippen molar-refractivity contribution >= 4 is 11.7 Å². The van der Waals surface area contributed by atoms with Crippen LogP contribution in [0.25, 0.3) is 0 Å². The van der Waals surface area contributed by atoms with Crippen LogP contribution < -0.4 is 5.73 Å². The van der Waals surface area contributed by atoms with Crippen molar-refractivity contribution in [3.8, 4) is 0 Å². The molecule has 0 aliphatic rings. The van der Waals surface area contributed by atoms with Gasteiger partial charge in [-0.25, -0.2) is 4.79 Å². The minimum atomic E-state index is -0.995. The van der Waals surface area contributed by atoms with Gasteiger partial charge in [-0.05, 0) is 6.07 Å². The van der Waals surface area contributed by atoms with Gasteiger partial charge < -0.3 is 15.4 Å². The number of carbonyl (C=O) groups is 1. The number of carboxylic acids is 1. The van der Waals surface area contributed by atoms with Crippen molar-refractivity contribution in [2.24, 2.45) is 7.05 Å². The number of aromatic nitrogens is 1. The number of rotatable bonds is 1. The summed E-state index contributed by atoms with van der Waals surface area (Å²) in [5.74, 6) is -0.995. The largest absolute Gasteiger partial charge is 0.477 e. The number of hydrogen-bond donors (Lipinski definition) is 2. The predicted octanol–water partition coefficient (Wildman–Crippen LogP) is 0.306. The summed E-state index contributed by atoms with van der Waals surface area (Å²) in [6, 6.07) is 1.56. The highest BCUT2D eigenvalue weighted by molar-refractivity contribution is 5.91. The number of hydrogen-bond acceptors (Lipinski definition) is 2. The number of nitrogens with zero attached hydrogens (tertiary/aromatic N) is 1. The number of aryl methyl sites for hydroxylation is 1. The van der Waals surface area contributed by atoms with Gasteiger partial charge in [0, 0.05) is 13.2 Å². The van der Waals surface area contributed by atoms with E-state index in [1.165, 1.54) is 4.57 Å². The van der Waals surface area contributed by atoms with Gasteiger partial charge in [-0.1, -0.05) is 0 Å². The van der Waals surface area contributed by atoms with Gasteiger partial charge in [0.05, 0.1) is 5.69 Å². The summed E-state index contributed by atoms with van der Waals surface area (Å²) >= 11 is 0. The zero-order chi connectivity index (χ0) is 7.72. The summed E-state index contributed by atoms with van der Waals surface area (Å²) in [5.41, 5.74) is 5.78. The SMILES string of the molecule is Cn1ccc(N)c1C(=O)O. The third-order valence-corrected chi connectivity index (χ3v) is 1.31. The van der Waals surface area contributed by atoms with Gasteiger partial charge in [0.2, 0.25) is 0 Å². The van der Waals surface area contributed by atoms with Gasteiger partial charge in [0.15, 0.2) is 0 Å². The van der Waals surface area contributed by atoms with Crippen molar-refractivity contribution in [1.82, 2.24) is 4.57 Å². The average Bonchev–Trinajstić information content (AvgIpc) is 2.11. The van der Waals surface area contributed by atoms with Gasteiger partial charge in [-0.3, -0.25) is 0 Å². The van der Waals surface area contributed by atoms with E-state index in [1.54, 1.807) is 19.3 Å². The molecule has 0 spiro atoms. The number of nitrogens with two attached hydrogens (primary N) is 1. The van der Waals surface area contributed by atoms with Crippen LogP contribution in [0.1, 0.15) is 10.5 Å². The van der Waals surface area contributed by atoms with Gasteiger partial charge >= 0.3 is 5.97 Å². The highest BCUT2D eigenvalue weighted by Crippen LogP contribution is 2.10. The molecule has 1 rings (SSSR count). The first-order chi connectivity index (χ1) is 4.63. The first-order valence-electron chi connectivity index (χ1n) is 2.77. The summed E-state index contributed by atoms with van der Waals surface area (Å²) in [7, 11) is 1.64. The van der Waals surface area contributed by atoms with E-state index in [0.717, 1.165) is 0 Å². The number of carboxylic acid groups (broad SMARTS) is 1. The lowest BCUT2D eigenvalue weighted by molar-refractivity contribution is 0.0688. The van der Waals surface area contributed by atoms with Crippen LogP contribution in [0.15, 0.2) is 12.3 Å². The molecule has 0 bridgehead atoms. The summed E-state index contributed by atoms with van der Waals surface area (Å²) in [6.07, 6.45) is 1.61. The normalized spacial score (nSPS) is 9.70. The Hall–Kier alpha value is -1.45. The molecule has 3 N–H and O–H groups in total. The first kappa shape index (κ1) is 6.67. The predicted molar refractivity (Wildman–Crippen MR) is 36.8 cm³/mol. The molecule has 10 heavy (non-hydrogen) atoms. The van der Waals surface area contributed by atoms with Crippen molar-refractivity contribution in [3.05, 3.63) is 18.0 Å². The molecule has 1 aromatic heterocycles. The van der Waals surface area contributed by atoms with Crippen molar-refractivity contribution in [2.45, 2.75) is 0 Å². The molecule has 0 radical (unpaired) electrons. The maximum Gasteiger partial charge on any atom is 0.354 e. The summed E-state index contributed by atoms with van der Waals surface area (Å²) in [6.45, 7) is 0. The molecule has 0 atom stereocenters. The van der Waals surface area contributed by atoms with Crippen molar-refractivity contribution in [3.63, 3.8) is 0 Å². The van der Waals surface area contributed by atoms with Crippen LogP contribution in [0.4, 0.5) is 5.69 Å². The first-order valence-corrected chi connectivity index (χ1v) is 2.77. The van der Waals surface area contributed by atoms with E-state index < -0.39 is 5.97 Å². The molecule has 4 heteroatoms. The van der Waals surface area contributed by atoms with E-state index >= 15 is 0 Å². The zero-order valence-corrected chi connectivity index (χ0v) is 5.53. The van der Waals surface area contributed by atoms with Crippen LogP contribution in [-0.2, 0) is 7.05 Å². The van der Waals surface area contributed by atoms with Crippen LogP contribution in [0.2, 0.25) is 0 Å². The lowest BCUT2D eigenvalue weighted by Gasteiger charge is -1.96. The van der Waals surface area contributed by atoms with Gasteiger partial charge in [-0.15, -0.1) is 0 Å². The second kappa shape index (κ2) is 2.06. The third kappa shape index (κ3) is 0.834. The summed E-state index contributed by atoms with van der Waals surface area (Å²) < 4.78 is 1.47. The minimum absolute atomic E-state index is 0.139. The average molecular weight is 140 g/mol. The maximum absolute atomic E-state index is 10.4. The van der Waals surface area contributed by atoms with Crippen molar-refractivity contribution in [2.75, 3.05) is 5.73 Å². The minimum Gasteiger partial charge on any atom is -0.477 e. The molecule has 0 fully saturated rings. The Bertz CT molecular complexity index is 245. The molecular weight excluding hydrogens is 132 g/mol. The molecule has 1 heterocycles. The lowest BCUT2D eigenvalue weighted by atomic mass is 10.4. The van der Waals surface area contributed by atoms with E-state index in [1.807, 2.05) is 0 Å². The fourth-order valence-electron chi connectivity index (χ4n) is 0.824. The molecular formula is C6H8N2O2. The molecule has 0 saturated heterocycles. The molecule has 54 valence electrons. The third-order valence-electron chi connectivity index (χ3n) is 1.31. The Balaban J connectivity index is 3.23. The van der Waals surface area contributed by atoms with Gasteiger partial charge in [0.25, 0.3) is 0 Å². The quantitative estimate of drug-likeness (QED) is 0.589. The molecule has 0 amide bonds.